The lowest BCUT2D eigenvalue weighted by Crippen LogP contribution is -2.32. The normalized spacial score (nSPS) is 18.3. The van der Waals surface area contributed by atoms with Crippen molar-refractivity contribution in [3.8, 4) is 0 Å². The average molecular weight is 283 g/mol. The molecule has 0 amide bonds. The van der Waals surface area contributed by atoms with E-state index in [1.807, 2.05) is 23.9 Å². The molecular weight excluding hydrogens is 264 g/mol. The second kappa shape index (κ2) is 5.98. The Labute approximate surface area is 118 Å². The summed E-state index contributed by atoms with van der Waals surface area (Å²) >= 11 is 7.68. The Kier molecular flexibility index (Phi) is 4.57. The number of nitrogens with one attached hydrogen (secondary N) is 1. The van der Waals surface area contributed by atoms with Gasteiger partial charge in [0, 0.05) is 23.9 Å². The molecule has 0 radical (unpaired) electrons. The molecule has 1 aromatic rings. The lowest BCUT2D eigenvalue weighted by Gasteiger charge is -2.27. The van der Waals surface area contributed by atoms with Crippen molar-refractivity contribution in [1.29, 1.82) is 0 Å². The van der Waals surface area contributed by atoms with Crippen LogP contribution in [0.5, 0.6) is 0 Å². The van der Waals surface area contributed by atoms with Gasteiger partial charge in [-0.3, -0.25) is 4.99 Å². The van der Waals surface area contributed by atoms with Crippen LogP contribution in [0.1, 0.15) is 19.4 Å². The molecule has 0 spiro atoms. The summed E-state index contributed by atoms with van der Waals surface area (Å²) in [5.41, 5.74) is 1.64. The maximum Gasteiger partial charge on any atom is 0.156 e. The van der Waals surface area contributed by atoms with Gasteiger partial charge in [0.25, 0.3) is 0 Å². The van der Waals surface area contributed by atoms with Gasteiger partial charge in [-0.1, -0.05) is 49.3 Å². The molecule has 4 heteroatoms. The van der Waals surface area contributed by atoms with Gasteiger partial charge in [0.15, 0.2) is 5.17 Å². The number of nitrogens with zero attached hydrogens (tertiary/aromatic N) is 1. The fourth-order valence-corrected chi connectivity index (χ4v) is 2.82. The number of rotatable bonds is 3. The number of thioether (sulfide) groups is 1. The molecule has 2 rings (SSSR count). The number of aliphatic imine (C=N–C) groups is 1. The highest BCUT2D eigenvalue weighted by Gasteiger charge is 2.22. The summed E-state index contributed by atoms with van der Waals surface area (Å²) in [5.74, 6) is 1.14. The first-order valence-corrected chi connectivity index (χ1v) is 7.57. The minimum absolute atomic E-state index is 0.339. The van der Waals surface area contributed by atoms with Crippen LogP contribution >= 0.6 is 23.4 Å². The summed E-state index contributed by atoms with van der Waals surface area (Å²) in [5, 5.41) is 5.28. The zero-order chi connectivity index (χ0) is 13.0. The van der Waals surface area contributed by atoms with Crippen molar-refractivity contribution in [2.24, 2.45) is 10.4 Å². The first kappa shape index (κ1) is 13.8. The molecule has 0 saturated carbocycles. The number of benzene rings is 1. The van der Waals surface area contributed by atoms with Crippen molar-refractivity contribution >= 4 is 28.5 Å². The van der Waals surface area contributed by atoms with Crippen LogP contribution in [0.3, 0.4) is 0 Å². The van der Waals surface area contributed by atoms with Gasteiger partial charge in [0.1, 0.15) is 0 Å². The fourth-order valence-electron chi connectivity index (χ4n) is 1.71. The van der Waals surface area contributed by atoms with Crippen molar-refractivity contribution in [3.63, 3.8) is 0 Å². The van der Waals surface area contributed by atoms with Crippen LogP contribution in [0.25, 0.3) is 0 Å². The quantitative estimate of drug-likeness (QED) is 0.916. The van der Waals surface area contributed by atoms with Crippen LogP contribution in [0.15, 0.2) is 29.3 Å². The minimum Gasteiger partial charge on any atom is -0.365 e. The Morgan fingerprint density at radius 2 is 2.06 bits per heavy atom. The molecule has 2 nitrogen and oxygen atoms in total. The van der Waals surface area contributed by atoms with E-state index >= 15 is 0 Å². The molecule has 0 atom stereocenters. The number of hydrogen-bond acceptors (Lipinski definition) is 3. The molecule has 0 fully saturated rings. The summed E-state index contributed by atoms with van der Waals surface area (Å²) < 4.78 is 0. The number of amidine groups is 1. The molecule has 0 saturated heterocycles. The third-order valence-electron chi connectivity index (χ3n) is 2.85. The second-order valence-electron chi connectivity index (χ2n) is 5.38. The second-order valence-corrected chi connectivity index (χ2v) is 6.78. The Morgan fingerprint density at radius 3 is 2.67 bits per heavy atom. The minimum atomic E-state index is 0.339. The van der Waals surface area contributed by atoms with E-state index in [2.05, 4.69) is 36.3 Å². The Hall–Kier alpha value is -0.670. The van der Waals surface area contributed by atoms with Gasteiger partial charge in [-0.15, -0.1) is 0 Å². The summed E-state index contributed by atoms with van der Waals surface area (Å²) in [7, 11) is 0. The van der Waals surface area contributed by atoms with Crippen LogP contribution in [0.2, 0.25) is 5.02 Å². The maximum absolute atomic E-state index is 5.86. The van der Waals surface area contributed by atoms with E-state index in [9.17, 15) is 0 Å². The van der Waals surface area contributed by atoms with E-state index in [0.29, 0.717) is 5.41 Å². The molecule has 1 aliphatic heterocycles. The van der Waals surface area contributed by atoms with Crippen molar-refractivity contribution in [2.75, 3.05) is 18.8 Å². The Bertz CT molecular complexity index is 426. The lowest BCUT2D eigenvalue weighted by molar-refractivity contribution is 0.437. The largest absolute Gasteiger partial charge is 0.365 e. The zero-order valence-electron chi connectivity index (χ0n) is 10.9. The molecule has 0 aliphatic carbocycles. The van der Waals surface area contributed by atoms with E-state index < -0.39 is 0 Å². The first-order valence-electron chi connectivity index (χ1n) is 6.21. The third kappa shape index (κ3) is 4.21. The van der Waals surface area contributed by atoms with Gasteiger partial charge in [-0.05, 0) is 29.5 Å². The van der Waals surface area contributed by atoms with Crippen LogP contribution in [0.4, 0.5) is 0 Å². The third-order valence-corrected chi connectivity index (χ3v) is 4.58. The molecule has 0 aromatic heterocycles. The van der Waals surface area contributed by atoms with Crippen LogP contribution < -0.4 is 5.32 Å². The Balaban J connectivity index is 1.76. The highest BCUT2D eigenvalue weighted by atomic mass is 35.5. The van der Waals surface area contributed by atoms with Gasteiger partial charge >= 0.3 is 0 Å². The SMILES string of the molecule is CC1(C)CN=C(NCCc2ccc(Cl)cc2)SC1. The highest BCUT2D eigenvalue weighted by molar-refractivity contribution is 8.13. The monoisotopic (exact) mass is 282 g/mol. The van der Waals surface area contributed by atoms with Crippen molar-refractivity contribution in [1.82, 2.24) is 5.32 Å². The molecule has 0 bridgehead atoms. The highest BCUT2D eigenvalue weighted by Crippen LogP contribution is 2.26. The number of hydrogen-bond donors (Lipinski definition) is 1. The van der Waals surface area contributed by atoms with Crippen LogP contribution in [0, 0.1) is 5.41 Å². The van der Waals surface area contributed by atoms with E-state index in [0.717, 1.165) is 35.5 Å². The molecular formula is C14H19ClN2S. The van der Waals surface area contributed by atoms with E-state index in [-0.39, 0.29) is 0 Å². The lowest BCUT2D eigenvalue weighted by atomic mass is 9.97. The van der Waals surface area contributed by atoms with Gasteiger partial charge in [0.05, 0.1) is 0 Å². The topological polar surface area (TPSA) is 24.4 Å². The maximum atomic E-state index is 5.86. The molecule has 1 N–H and O–H groups in total. The molecule has 0 unspecified atom stereocenters. The first-order chi connectivity index (χ1) is 8.55. The molecule has 98 valence electrons. The Morgan fingerprint density at radius 1 is 1.33 bits per heavy atom. The summed E-state index contributed by atoms with van der Waals surface area (Å²) in [6.45, 7) is 6.36. The zero-order valence-corrected chi connectivity index (χ0v) is 12.4. The van der Waals surface area contributed by atoms with Crippen molar-refractivity contribution in [3.05, 3.63) is 34.9 Å². The van der Waals surface area contributed by atoms with E-state index in [4.69, 9.17) is 11.6 Å². The predicted octanol–water partition coefficient (Wildman–Crippen LogP) is 3.60. The average Bonchev–Trinajstić information content (AvgIpc) is 2.34. The van der Waals surface area contributed by atoms with Gasteiger partial charge < -0.3 is 5.32 Å². The molecule has 1 heterocycles. The molecule has 1 aliphatic rings. The fraction of sp³-hybridized carbons (Fsp3) is 0.500. The smallest absolute Gasteiger partial charge is 0.156 e. The van der Waals surface area contributed by atoms with Gasteiger partial charge in [-0.25, -0.2) is 0 Å². The summed E-state index contributed by atoms with van der Waals surface area (Å²) in [4.78, 5) is 4.57. The van der Waals surface area contributed by atoms with Crippen molar-refractivity contribution < 1.29 is 0 Å². The molecule has 18 heavy (non-hydrogen) atoms. The molecule has 1 aromatic carbocycles. The van der Waals surface area contributed by atoms with Gasteiger partial charge in [0.2, 0.25) is 0 Å². The number of halogens is 1. The summed E-state index contributed by atoms with van der Waals surface area (Å²) in [6, 6.07) is 8.02. The predicted molar refractivity (Wildman–Crippen MR) is 81.7 cm³/mol. The van der Waals surface area contributed by atoms with Crippen LogP contribution in [-0.2, 0) is 6.42 Å². The van der Waals surface area contributed by atoms with E-state index in [1.165, 1.54) is 5.56 Å². The van der Waals surface area contributed by atoms with Crippen molar-refractivity contribution in [2.45, 2.75) is 20.3 Å². The van der Waals surface area contributed by atoms with Gasteiger partial charge in [-0.2, -0.15) is 0 Å². The summed E-state index contributed by atoms with van der Waals surface area (Å²) in [6.07, 6.45) is 1.00. The van der Waals surface area contributed by atoms with E-state index in [1.54, 1.807) is 0 Å². The van der Waals surface area contributed by atoms with Crippen LogP contribution in [-0.4, -0.2) is 24.0 Å². The standard InChI is InChI=1S/C14H19ClN2S/c1-14(2)9-17-13(18-10-14)16-8-7-11-3-5-12(15)6-4-11/h3-6H,7-10H2,1-2H3,(H,16,17).